The maximum atomic E-state index is 10.9. The van der Waals surface area contributed by atoms with Crippen LogP contribution in [0.5, 0.6) is 0 Å². The molecule has 1 saturated carbocycles. The minimum atomic E-state index is -0.370. The second kappa shape index (κ2) is 2.67. The molecule has 1 fully saturated rings. The first-order valence-corrected chi connectivity index (χ1v) is 4.48. The van der Waals surface area contributed by atoms with Gasteiger partial charge in [-0.2, -0.15) is 0 Å². The minimum Gasteiger partial charge on any atom is -0.321 e. The van der Waals surface area contributed by atoms with Crippen molar-refractivity contribution in [3.63, 3.8) is 0 Å². The highest BCUT2D eigenvalue weighted by Gasteiger charge is 2.41. The fourth-order valence-corrected chi connectivity index (χ4v) is 1.74. The summed E-state index contributed by atoms with van der Waals surface area (Å²) < 4.78 is 0. The summed E-state index contributed by atoms with van der Waals surface area (Å²) in [5.41, 5.74) is 7.98. The Labute approximate surface area is 77.8 Å². The fraction of sp³-hybridized carbons (Fsp3) is 0.364. The van der Waals surface area contributed by atoms with E-state index in [0.29, 0.717) is 12.8 Å². The van der Waals surface area contributed by atoms with E-state index in [2.05, 4.69) is 0 Å². The van der Waals surface area contributed by atoms with Crippen molar-refractivity contribution in [2.75, 3.05) is 0 Å². The molecule has 1 aromatic rings. The lowest BCUT2D eigenvalue weighted by Crippen LogP contribution is -2.49. The van der Waals surface area contributed by atoms with E-state index in [9.17, 15) is 4.79 Å². The number of carbonyl (C=O) groups is 1. The third-order valence-corrected chi connectivity index (χ3v) is 2.65. The highest BCUT2D eigenvalue weighted by Crippen LogP contribution is 2.35. The second-order valence-electron chi connectivity index (χ2n) is 3.91. The Hall–Kier alpha value is -1.15. The number of nitrogens with two attached hydrogens (primary N) is 1. The van der Waals surface area contributed by atoms with E-state index in [1.54, 1.807) is 0 Å². The van der Waals surface area contributed by atoms with Crippen LogP contribution in [0, 0.1) is 6.92 Å². The molecule has 1 aromatic carbocycles. The van der Waals surface area contributed by atoms with E-state index < -0.39 is 0 Å². The summed E-state index contributed by atoms with van der Waals surface area (Å²) in [6.45, 7) is 2.04. The number of benzene rings is 1. The lowest BCUT2D eigenvalue weighted by molar-refractivity contribution is -0.128. The average Bonchev–Trinajstić information content (AvgIpc) is 2.03. The number of hydrogen-bond donors (Lipinski definition) is 1. The molecule has 0 unspecified atom stereocenters. The molecule has 0 aliphatic heterocycles. The molecule has 2 nitrogen and oxygen atoms in total. The van der Waals surface area contributed by atoms with Crippen LogP contribution in [0.4, 0.5) is 0 Å². The van der Waals surface area contributed by atoms with Crippen LogP contribution < -0.4 is 5.73 Å². The Morgan fingerprint density at radius 2 is 1.77 bits per heavy atom. The summed E-state index contributed by atoms with van der Waals surface area (Å²) in [5, 5.41) is 0. The predicted octanol–water partition coefficient (Wildman–Crippen LogP) is 1.51. The van der Waals surface area contributed by atoms with Crippen LogP contribution in [0.2, 0.25) is 0 Å². The Morgan fingerprint density at radius 1 is 1.23 bits per heavy atom. The van der Waals surface area contributed by atoms with Crippen molar-refractivity contribution in [2.24, 2.45) is 5.73 Å². The van der Waals surface area contributed by atoms with Crippen LogP contribution >= 0.6 is 0 Å². The molecule has 0 atom stereocenters. The highest BCUT2D eigenvalue weighted by atomic mass is 16.1. The summed E-state index contributed by atoms with van der Waals surface area (Å²) in [6, 6.07) is 8.10. The summed E-state index contributed by atoms with van der Waals surface area (Å²) in [4.78, 5) is 10.9. The molecule has 2 heteroatoms. The lowest BCUT2D eigenvalue weighted by atomic mass is 9.72. The van der Waals surface area contributed by atoms with Gasteiger partial charge in [-0.05, 0) is 12.5 Å². The van der Waals surface area contributed by atoms with Gasteiger partial charge >= 0.3 is 0 Å². The first kappa shape index (κ1) is 8.45. The third-order valence-electron chi connectivity index (χ3n) is 2.65. The van der Waals surface area contributed by atoms with Gasteiger partial charge in [0, 0.05) is 12.8 Å². The van der Waals surface area contributed by atoms with Gasteiger partial charge in [0.25, 0.3) is 0 Å². The van der Waals surface area contributed by atoms with Gasteiger partial charge in [-0.1, -0.05) is 29.8 Å². The van der Waals surface area contributed by atoms with Crippen LogP contribution in [-0.2, 0) is 10.3 Å². The van der Waals surface area contributed by atoms with Gasteiger partial charge in [0.15, 0.2) is 0 Å². The molecule has 1 aliphatic carbocycles. The van der Waals surface area contributed by atoms with Gasteiger partial charge in [-0.25, -0.2) is 0 Å². The van der Waals surface area contributed by atoms with Gasteiger partial charge in [0.2, 0.25) is 0 Å². The van der Waals surface area contributed by atoms with Gasteiger partial charge in [0.05, 0.1) is 5.54 Å². The molecule has 0 amide bonds. The van der Waals surface area contributed by atoms with Crippen molar-refractivity contribution in [3.05, 3.63) is 35.4 Å². The third kappa shape index (κ3) is 1.38. The number of aryl methyl sites for hydroxylation is 1. The normalized spacial score (nSPS) is 19.7. The lowest BCUT2D eigenvalue weighted by Gasteiger charge is -2.37. The number of rotatable bonds is 1. The van der Waals surface area contributed by atoms with Gasteiger partial charge in [0.1, 0.15) is 5.78 Å². The van der Waals surface area contributed by atoms with Crippen molar-refractivity contribution in [1.29, 1.82) is 0 Å². The maximum Gasteiger partial charge on any atom is 0.137 e. The summed E-state index contributed by atoms with van der Waals surface area (Å²) in [6.07, 6.45) is 0.992. The van der Waals surface area contributed by atoms with E-state index in [0.717, 1.165) is 5.56 Å². The van der Waals surface area contributed by atoms with E-state index in [1.807, 2.05) is 31.2 Å². The highest BCUT2D eigenvalue weighted by molar-refractivity contribution is 5.88. The standard InChI is InChI=1S/C11H13NO/c1-8-2-4-9(5-3-8)11(12)6-10(13)7-11/h2-5H,6-7,12H2,1H3. The van der Waals surface area contributed by atoms with E-state index in [1.165, 1.54) is 5.56 Å². The van der Waals surface area contributed by atoms with Crippen LogP contribution in [-0.4, -0.2) is 5.78 Å². The average molecular weight is 175 g/mol. The predicted molar refractivity (Wildman–Crippen MR) is 51.3 cm³/mol. The molecule has 0 spiro atoms. The molecule has 0 heterocycles. The van der Waals surface area contributed by atoms with Crippen LogP contribution in [0.15, 0.2) is 24.3 Å². The SMILES string of the molecule is Cc1ccc(C2(N)CC(=O)C2)cc1. The van der Waals surface area contributed by atoms with E-state index in [-0.39, 0.29) is 11.3 Å². The summed E-state index contributed by atoms with van der Waals surface area (Å²) in [7, 11) is 0. The van der Waals surface area contributed by atoms with Crippen molar-refractivity contribution >= 4 is 5.78 Å². The van der Waals surface area contributed by atoms with Crippen molar-refractivity contribution in [1.82, 2.24) is 0 Å². The smallest absolute Gasteiger partial charge is 0.137 e. The Kier molecular flexibility index (Phi) is 1.74. The maximum absolute atomic E-state index is 10.9. The number of ketones is 1. The molecule has 0 aromatic heterocycles. The number of carbonyl (C=O) groups excluding carboxylic acids is 1. The molecule has 0 saturated heterocycles. The van der Waals surface area contributed by atoms with Crippen LogP contribution in [0.3, 0.4) is 0 Å². The zero-order valence-corrected chi connectivity index (χ0v) is 7.71. The van der Waals surface area contributed by atoms with Crippen LogP contribution in [0.1, 0.15) is 24.0 Å². The van der Waals surface area contributed by atoms with E-state index >= 15 is 0 Å². The monoisotopic (exact) mass is 175 g/mol. The quantitative estimate of drug-likeness (QED) is 0.703. The van der Waals surface area contributed by atoms with Crippen LogP contribution in [0.25, 0.3) is 0 Å². The molecule has 2 rings (SSSR count). The molecular formula is C11H13NO. The topological polar surface area (TPSA) is 43.1 Å². The molecule has 2 N–H and O–H groups in total. The van der Waals surface area contributed by atoms with Crippen molar-refractivity contribution < 1.29 is 4.79 Å². The first-order chi connectivity index (χ1) is 6.10. The Morgan fingerprint density at radius 3 is 2.23 bits per heavy atom. The zero-order chi connectivity index (χ0) is 9.47. The van der Waals surface area contributed by atoms with Gasteiger partial charge < -0.3 is 5.73 Å². The Bertz CT molecular complexity index is 332. The summed E-state index contributed by atoms with van der Waals surface area (Å²) >= 11 is 0. The molecule has 0 radical (unpaired) electrons. The molecule has 1 aliphatic rings. The van der Waals surface area contributed by atoms with Gasteiger partial charge in [-0.15, -0.1) is 0 Å². The number of hydrogen-bond acceptors (Lipinski definition) is 2. The zero-order valence-electron chi connectivity index (χ0n) is 7.71. The number of Topliss-reactive ketones (excluding diaryl/α,β-unsaturated/α-hetero) is 1. The fourth-order valence-electron chi connectivity index (χ4n) is 1.74. The van der Waals surface area contributed by atoms with Crippen molar-refractivity contribution in [3.8, 4) is 0 Å². The van der Waals surface area contributed by atoms with E-state index in [4.69, 9.17) is 5.73 Å². The minimum absolute atomic E-state index is 0.267. The first-order valence-electron chi connectivity index (χ1n) is 4.48. The van der Waals surface area contributed by atoms with Crippen molar-refractivity contribution in [2.45, 2.75) is 25.3 Å². The second-order valence-corrected chi connectivity index (χ2v) is 3.91. The molecule has 13 heavy (non-hydrogen) atoms. The molecule has 68 valence electrons. The molecule has 0 bridgehead atoms. The molecular weight excluding hydrogens is 162 g/mol. The largest absolute Gasteiger partial charge is 0.321 e. The van der Waals surface area contributed by atoms with Gasteiger partial charge in [-0.3, -0.25) is 4.79 Å². The Balaban J connectivity index is 2.26. The summed E-state index contributed by atoms with van der Waals surface area (Å²) in [5.74, 6) is 0.267.